The number of esters is 1. The van der Waals surface area contributed by atoms with E-state index in [1.54, 1.807) is 13.8 Å². The van der Waals surface area contributed by atoms with E-state index in [1.165, 1.54) is 0 Å². The normalized spacial score (nSPS) is 22.5. The van der Waals surface area contributed by atoms with Gasteiger partial charge in [0.25, 0.3) is 0 Å². The van der Waals surface area contributed by atoms with Crippen molar-refractivity contribution in [2.75, 3.05) is 0 Å². The van der Waals surface area contributed by atoms with Gasteiger partial charge in [0, 0.05) is 16.5 Å². The summed E-state index contributed by atoms with van der Waals surface area (Å²) in [6.45, 7) is 2.77. The molecule has 2 unspecified atom stereocenters. The summed E-state index contributed by atoms with van der Waals surface area (Å²) in [7, 11) is 0. The van der Waals surface area contributed by atoms with Crippen LogP contribution < -0.4 is 0 Å². The maximum absolute atomic E-state index is 13.9. The molecule has 2 rings (SSSR count). The van der Waals surface area contributed by atoms with E-state index >= 15 is 0 Å². The van der Waals surface area contributed by atoms with Gasteiger partial charge in [-0.2, -0.15) is 0 Å². The van der Waals surface area contributed by atoms with Crippen molar-refractivity contribution >= 4 is 52.4 Å². The molecule has 9 heteroatoms. The van der Waals surface area contributed by atoms with Gasteiger partial charge in [-0.25, -0.2) is 13.2 Å². The van der Waals surface area contributed by atoms with E-state index < -0.39 is 57.0 Å². The summed E-state index contributed by atoms with van der Waals surface area (Å²) in [6.07, 6.45) is 0. The predicted octanol–water partition coefficient (Wildman–Crippen LogP) is 6.05. The molecular formula is C15H11Cl4F3O2. The molecular weight excluding hydrogens is 411 g/mol. The molecule has 0 N–H and O–H groups in total. The van der Waals surface area contributed by atoms with Crippen LogP contribution in [0.15, 0.2) is 10.6 Å². The summed E-state index contributed by atoms with van der Waals surface area (Å²) in [5.74, 6) is -5.82. The molecule has 0 heterocycles. The van der Waals surface area contributed by atoms with Crippen molar-refractivity contribution in [2.45, 2.75) is 20.5 Å². The molecule has 132 valence electrons. The van der Waals surface area contributed by atoms with E-state index in [1.807, 2.05) is 0 Å². The summed E-state index contributed by atoms with van der Waals surface area (Å²) in [6, 6.07) is 0. The fourth-order valence-corrected chi connectivity index (χ4v) is 3.68. The molecule has 1 aromatic carbocycles. The van der Waals surface area contributed by atoms with Crippen LogP contribution in [0.25, 0.3) is 0 Å². The molecule has 2 atom stereocenters. The Labute approximate surface area is 156 Å². The second-order valence-corrected chi connectivity index (χ2v) is 7.34. The average molecular weight is 422 g/mol. The highest BCUT2D eigenvalue weighted by Gasteiger charge is 2.64. The number of halogens is 7. The Balaban J connectivity index is 2.17. The summed E-state index contributed by atoms with van der Waals surface area (Å²) in [4.78, 5) is 12.1. The molecule has 0 bridgehead atoms. The first-order chi connectivity index (χ1) is 11.1. The molecule has 0 spiro atoms. The van der Waals surface area contributed by atoms with Gasteiger partial charge in [-0.3, -0.25) is 4.79 Å². The Morgan fingerprint density at radius 2 is 1.62 bits per heavy atom. The third-order valence-electron chi connectivity index (χ3n) is 4.14. The molecule has 1 aliphatic rings. The highest BCUT2D eigenvalue weighted by Crippen LogP contribution is 2.63. The standard InChI is InChI=1S/C15H11Cl4F3O2/c1-15(2)7(6(17)3-16)8(15)14(23)24-4-5-11(20)9(18)13(22)10(19)12(5)21/h3,7-8H,4H2,1-2H3. The molecule has 24 heavy (non-hydrogen) atoms. The number of carbonyl (C=O) groups is 1. The number of hydrogen-bond donors (Lipinski definition) is 0. The van der Waals surface area contributed by atoms with Crippen molar-refractivity contribution in [3.05, 3.63) is 43.6 Å². The highest BCUT2D eigenvalue weighted by molar-refractivity contribution is 6.37. The van der Waals surface area contributed by atoms with Crippen LogP contribution in [-0.2, 0) is 16.1 Å². The maximum Gasteiger partial charge on any atom is 0.310 e. The van der Waals surface area contributed by atoms with E-state index in [9.17, 15) is 18.0 Å². The van der Waals surface area contributed by atoms with Crippen LogP contribution in [0, 0.1) is 34.7 Å². The molecule has 0 aliphatic heterocycles. The van der Waals surface area contributed by atoms with Crippen LogP contribution >= 0.6 is 46.4 Å². The van der Waals surface area contributed by atoms with Gasteiger partial charge in [0.1, 0.15) is 16.7 Å². The van der Waals surface area contributed by atoms with Crippen molar-refractivity contribution in [3.8, 4) is 0 Å². The molecule has 1 aromatic rings. The van der Waals surface area contributed by atoms with Gasteiger partial charge in [-0.15, -0.1) is 0 Å². The fourth-order valence-electron chi connectivity index (χ4n) is 2.67. The molecule has 1 fully saturated rings. The summed E-state index contributed by atoms with van der Waals surface area (Å²) in [5, 5.41) is -1.65. The van der Waals surface area contributed by atoms with E-state index in [2.05, 4.69) is 0 Å². The number of carbonyl (C=O) groups excluding carboxylic acids is 1. The highest BCUT2D eigenvalue weighted by atomic mass is 35.5. The quantitative estimate of drug-likeness (QED) is 0.336. The lowest BCUT2D eigenvalue weighted by atomic mass is 10.1. The van der Waals surface area contributed by atoms with Gasteiger partial charge in [0.2, 0.25) is 0 Å². The zero-order chi connectivity index (χ0) is 18.4. The molecule has 0 saturated heterocycles. The maximum atomic E-state index is 13.9. The lowest BCUT2D eigenvalue weighted by Gasteiger charge is -2.10. The minimum absolute atomic E-state index is 0.286. The summed E-state index contributed by atoms with van der Waals surface area (Å²) < 4.78 is 46.0. The minimum Gasteiger partial charge on any atom is -0.460 e. The number of rotatable bonds is 4. The van der Waals surface area contributed by atoms with Gasteiger partial charge in [0.05, 0.1) is 11.5 Å². The number of hydrogen-bond acceptors (Lipinski definition) is 2. The topological polar surface area (TPSA) is 26.3 Å². The Hall–Kier alpha value is -0.620. The Morgan fingerprint density at radius 1 is 1.12 bits per heavy atom. The Bertz CT molecular complexity index is 705. The van der Waals surface area contributed by atoms with Crippen molar-refractivity contribution in [1.29, 1.82) is 0 Å². The van der Waals surface area contributed by atoms with Crippen LogP contribution in [0.1, 0.15) is 19.4 Å². The fraction of sp³-hybridized carbons (Fsp3) is 0.400. The summed E-state index contributed by atoms with van der Waals surface area (Å²) in [5.41, 5.74) is -0.0804. The Kier molecular flexibility index (Phi) is 5.70. The van der Waals surface area contributed by atoms with Crippen molar-refractivity contribution in [2.24, 2.45) is 17.3 Å². The largest absolute Gasteiger partial charge is 0.460 e. The Morgan fingerprint density at radius 3 is 2.08 bits per heavy atom. The smallest absolute Gasteiger partial charge is 0.310 e. The van der Waals surface area contributed by atoms with E-state index in [4.69, 9.17) is 51.1 Å². The molecule has 0 aromatic heterocycles. The average Bonchev–Trinajstić information content (AvgIpc) is 3.12. The number of allylic oxidation sites excluding steroid dienone is 1. The van der Waals surface area contributed by atoms with Crippen molar-refractivity contribution < 1.29 is 22.7 Å². The third kappa shape index (κ3) is 3.24. The lowest BCUT2D eigenvalue weighted by molar-refractivity contribution is -0.147. The van der Waals surface area contributed by atoms with Crippen LogP contribution in [0.4, 0.5) is 13.2 Å². The number of benzene rings is 1. The van der Waals surface area contributed by atoms with Crippen LogP contribution in [-0.4, -0.2) is 5.97 Å². The van der Waals surface area contributed by atoms with Gasteiger partial charge in [-0.1, -0.05) is 60.3 Å². The van der Waals surface area contributed by atoms with Gasteiger partial charge < -0.3 is 4.74 Å². The third-order valence-corrected chi connectivity index (χ3v) is 5.50. The van der Waals surface area contributed by atoms with Gasteiger partial charge >= 0.3 is 5.97 Å². The molecule has 1 saturated carbocycles. The SMILES string of the molecule is CC1(C)C(C(=O)OCc2c(F)c(Cl)c(F)c(Cl)c2F)C1C(Cl)=CCl. The first-order valence-electron chi connectivity index (χ1n) is 6.68. The zero-order valence-corrected chi connectivity index (χ0v) is 15.4. The second-order valence-electron chi connectivity index (χ2n) is 5.93. The predicted molar refractivity (Wildman–Crippen MR) is 86.7 cm³/mol. The first kappa shape index (κ1) is 19.7. The lowest BCUT2D eigenvalue weighted by Crippen LogP contribution is -2.13. The van der Waals surface area contributed by atoms with Crippen molar-refractivity contribution in [1.82, 2.24) is 0 Å². The molecule has 0 amide bonds. The molecule has 1 aliphatic carbocycles. The number of ether oxygens (including phenoxy) is 1. The van der Waals surface area contributed by atoms with Crippen LogP contribution in [0.5, 0.6) is 0 Å². The zero-order valence-electron chi connectivity index (χ0n) is 12.4. The monoisotopic (exact) mass is 420 g/mol. The van der Waals surface area contributed by atoms with E-state index in [0.717, 1.165) is 5.54 Å². The minimum atomic E-state index is -1.41. The van der Waals surface area contributed by atoms with Gasteiger partial charge in [-0.05, 0) is 5.41 Å². The van der Waals surface area contributed by atoms with E-state index in [0.29, 0.717) is 0 Å². The molecule has 0 radical (unpaired) electrons. The summed E-state index contributed by atoms with van der Waals surface area (Å²) >= 11 is 22.3. The molecule has 2 nitrogen and oxygen atoms in total. The first-order valence-corrected chi connectivity index (χ1v) is 8.25. The second kappa shape index (κ2) is 6.94. The van der Waals surface area contributed by atoms with E-state index in [-0.39, 0.29) is 11.0 Å². The van der Waals surface area contributed by atoms with Gasteiger partial charge in [0.15, 0.2) is 17.5 Å². The van der Waals surface area contributed by atoms with Crippen LogP contribution in [0.2, 0.25) is 10.0 Å². The van der Waals surface area contributed by atoms with Crippen molar-refractivity contribution in [3.63, 3.8) is 0 Å². The van der Waals surface area contributed by atoms with Crippen LogP contribution in [0.3, 0.4) is 0 Å².